The van der Waals surface area contributed by atoms with Gasteiger partial charge in [-0.25, -0.2) is 0 Å². The largest absolute Gasteiger partial charge is 1.00 e. The molecule has 1 saturated heterocycles. The number of carbonyl (C=O) groups is 2. The number of aliphatic carboxylic acids is 1. The molecule has 0 saturated carbocycles. The third kappa shape index (κ3) is 1.43. The molecule has 0 aromatic rings. The van der Waals surface area contributed by atoms with Crippen LogP contribution in [0.2, 0.25) is 0 Å². The Hall–Kier alpha value is 0.0300. The molecule has 2 heterocycles. The predicted molar refractivity (Wildman–Crippen MR) is 45.1 cm³/mol. The second-order valence-electron chi connectivity index (χ2n) is 3.20. The third-order valence-corrected chi connectivity index (χ3v) is 3.78. The minimum absolute atomic E-state index is 0. The standard InChI is InChI=1S/C8H9NO3S.Na/c1-3-6(10)9-5(8(11)12)4(2)13-7(3)9;/h3,7H,1-2H3,(H,11,12);/q;+1/p-1/t3?,7-;/m0./s1. The van der Waals surface area contributed by atoms with Crippen LogP contribution in [0, 0.1) is 5.92 Å². The van der Waals surface area contributed by atoms with Gasteiger partial charge in [-0.05, 0) is 6.92 Å². The summed E-state index contributed by atoms with van der Waals surface area (Å²) >= 11 is 1.43. The summed E-state index contributed by atoms with van der Waals surface area (Å²) in [6.45, 7) is 3.51. The summed E-state index contributed by atoms with van der Waals surface area (Å²) in [7, 11) is 0. The molecular formula is C8H8NNaO3S. The molecule has 14 heavy (non-hydrogen) atoms. The van der Waals surface area contributed by atoms with Crippen LogP contribution < -0.4 is 34.7 Å². The Morgan fingerprint density at radius 2 is 2.14 bits per heavy atom. The Morgan fingerprint density at radius 3 is 2.64 bits per heavy atom. The Labute approximate surface area is 108 Å². The molecule has 2 aliphatic heterocycles. The smallest absolute Gasteiger partial charge is 0.543 e. The number of nitrogens with zero attached hydrogens (tertiary/aromatic N) is 1. The van der Waals surface area contributed by atoms with Gasteiger partial charge < -0.3 is 9.90 Å². The molecule has 0 spiro atoms. The van der Waals surface area contributed by atoms with Crippen molar-refractivity contribution in [1.82, 2.24) is 4.90 Å². The number of carbonyl (C=O) groups excluding carboxylic acids is 2. The van der Waals surface area contributed by atoms with E-state index in [9.17, 15) is 14.7 Å². The molecule has 2 aliphatic rings. The van der Waals surface area contributed by atoms with Crippen LogP contribution >= 0.6 is 11.8 Å². The Bertz CT molecular complexity index is 341. The third-order valence-electron chi connectivity index (χ3n) is 2.37. The second kappa shape index (κ2) is 3.89. The maximum Gasteiger partial charge on any atom is 1.00 e. The molecule has 1 amide bonds. The van der Waals surface area contributed by atoms with E-state index in [-0.39, 0.29) is 52.5 Å². The summed E-state index contributed by atoms with van der Waals surface area (Å²) in [5.41, 5.74) is 0.0538. The first-order valence-electron chi connectivity index (χ1n) is 3.96. The van der Waals surface area contributed by atoms with Gasteiger partial charge in [0.15, 0.2) is 0 Å². The van der Waals surface area contributed by atoms with E-state index in [2.05, 4.69) is 0 Å². The van der Waals surface area contributed by atoms with E-state index in [1.807, 2.05) is 6.92 Å². The Balaban J connectivity index is 0.000000980. The molecule has 70 valence electrons. The molecule has 6 heteroatoms. The van der Waals surface area contributed by atoms with Crippen molar-refractivity contribution in [2.75, 3.05) is 0 Å². The van der Waals surface area contributed by atoms with Crippen LogP contribution in [0.4, 0.5) is 0 Å². The summed E-state index contributed by atoms with van der Waals surface area (Å²) in [5, 5.41) is 10.7. The van der Waals surface area contributed by atoms with Gasteiger partial charge in [-0.3, -0.25) is 9.69 Å². The molecule has 0 aliphatic carbocycles. The van der Waals surface area contributed by atoms with E-state index in [1.54, 1.807) is 6.92 Å². The van der Waals surface area contributed by atoms with Crippen molar-refractivity contribution in [2.24, 2.45) is 5.92 Å². The van der Waals surface area contributed by atoms with Crippen molar-refractivity contribution in [1.29, 1.82) is 0 Å². The molecule has 2 rings (SSSR count). The van der Waals surface area contributed by atoms with Crippen molar-refractivity contribution >= 4 is 23.6 Å². The van der Waals surface area contributed by atoms with E-state index in [0.29, 0.717) is 4.91 Å². The molecule has 0 bridgehead atoms. The molecule has 0 N–H and O–H groups in total. The van der Waals surface area contributed by atoms with E-state index in [4.69, 9.17) is 0 Å². The number of amides is 1. The zero-order chi connectivity index (χ0) is 9.75. The number of thioether (sulfide) groups is 1. The zero-order valence-electron chi connectivity index (χ0n) is 8.23. The van der Waals surface area contributed by atoms with Crippen LogP contribution in [0.3, 0.4) is 0 Å². The average Bonchev–Trinajstić information content (AvgIpc) is 2.39. The Morgan fingerprint density at radius 1 is 1.57 bits per heavy atom. The van der Waals surface area contributed by atoms with Gasteiger partial charge in [0.25, 0.3) is 0 Å². The van der Waals surface area contributed by atoms with Crippen molar-refractivity contribution in [2.45, 2.75) is 19.2 Å². The maximum absolute atomic E-state index is 11.3. The molecule has 0 radical (unpaired) electrons. The minimum Gasteiger partial charge on any atom is -0.543 e. The fraction of sp³-hybridized carbons (Fsp3) is 0.500. The number of allylic oxidation sites excluding steroid dienone is 1. The molecule has 1 fully saturated rings. The molecule has 0 aromatic heterocycles. The van der Waals surface area contributed by atoms with E-state index >= 15 is 0 Å². The summed E-state index contributed by atoms with van der Waals surface area (Å²) in [6.07, 6.45) is 0. The van der Waals surface area contributed by atoms with Crippen molar-refractivity contribution < 1.29 is 44.3 Å². The Kier molecular flexibility index (Phi) is 3.36. The normalized spacial score (nSPS) is 29.6. The quantitative estimate of drug-likeness (QED) is 0.341. The van der Waals surface area contributed by atoms with Gasteiger partial charge in [-0.1, -0.05) is 6.92 Å². The SMILES string of the molecule is CC1=C(C(=O)[O-])N2C(=O)C(C)[C@@H]2S1.[Na+]. The van der Waals surface area contributed by atoms with Crippen LogP contribution in [0.25, 0.3) is 0 Å². The fourth-order valence-corrected chi connectivity index (χ4v) is 2.94. The first-order valence-corrected chi connectivity index (χ1v) is 4.84. The average molecular weight is 221 g/mol. The van der Waals surface area contributed by atoms with Gasteiger partial charge in [-0.2, -0.15) is 0 Å². The molecule has 2 atom stereocenters. The van der Waals surface area contributed by atoms with Gasteiger partial charge in [0.05, 0.1) is 23.0 Å². The van der Waals surface area contributed by atoms with Gasteiger partial charge in [0.1, 0.15) is 0 Å². The summed E-state index contributed by atoms with van der Waals surface area (Å²) in [5.74, 6) is -1.45. The monoisotopic (exact) mass is 221 g/mol. The number of rotatable bonds is 1. The first kappa shape index (κ1) is 12.1. The number of fused-ring (bicyclic) bond motifs is 1. The van der Waals surface area contributed by atoms with Gasteiger partial charge in [0, 0.05) is 4.91 Å². The van der Waals surface area contributed by atoms with Crippen molar-refractivity contribution in [3.63, 3.8) is 0 Å². The zero-order valence-corrected chi connectivity index (χ0v) is 11.1. The van der Waals surface area contributed by atoms with Crippen LogP contribution in [-0.4, -0.2) is 22.2 Å². The molecule has 1 unspecified atom stereocenters. The van der Waals surface area contributed by atoms with Gasteiger partial charge in [-0.15, -0.1) is 11.8 Å². The van der Waals surface area contributed by atoms with E-state index < -0.39 is 5.97 Å². The maximum atomic E-state index is 11.3. The van der Waals surface area contributed by atoms with Crippen molar-refractivity contribution in [3.8, 4) is 0 Å². The second-order valence-corrected chi connectivity index (χ2v) is 4.53. The number of hydrogen-bond acceptors (Lipinski definition) is 4. The molecule has 4 nitrogen and oxygen atoms in total. The first-order chi connectivity index (χ1) is 6.04. The summed E-state index contributed by atoms with van der Waals surface area (Å²) in [4.78, 5) is 24.0. The van der Waals surface area contributed by atoms with Crippen LogP contribution in [0.1, 0.15) is 13.8 Å². The molecular weight excluding hydrogens is 213 g/mol. The fourth-order valence-electron chi connectivity index (χ4n) is 1.65. The predicted octanol–water partition coefficient (Wildman–Crippen LogP) is -3.48. The van der Waals surface area contributed by atoms with Crippen LogP contribution in [-0.2, 0) is 9.59 Å². The molecule has 0 aromatic carbocycles. The van der Waals surface area contributed by atoms with E-state index in [0.717, 1.165) is 0 Å². The number of carboxylic acids is 1. The number of carboxylic acid groups (broad SMARTS) is 1. The summed E-state index contributed by atoms with van der Waals surface area (Å²) < 4.78 is 0. The summed E-state index contributed by atoms with van der Waals surface area (Å²) in [6, 6.07) is 0. The number of β-lactam (4-membered cyclic amide) rings is 1. The van der Waals surface area contributed by atoms with Gasteiger partial charge in [0.2, 0.25) is 5.91 Å². The number of hydrogen-bond donors (Lipinski definition) is 0. The van der Waals surface area contributed by atoms with Crippen LogP contribution in [0.5, 0.6) is 0 Å². The van der Waals surface area contributed by atoms with Gasteiger partial charge >= 0.3 is 29.6 Å². The topological polar surface area (TPSA) is 60.4 Å². The van der Waals surface area contributed by atoms with E-state index in [1.165, 1.54) is 16.7 Å². The van der Waals surface area contributed by atoms with Crippen molar-refractivity contribution in [3.05, 3.63) is 10.6 Å². The van der Waals surface area contributed by atoms with Crippen LogP contribution in [0.15, 0.2) is 10.6 Å². The minimum atomic E-state index is -1.26.